The third-order valence-electron chi connectivity index (χ3n) is 3.73. The molecule has 0 bridgehead atoms. The molecule has 1 atom stereocenters. The molecule has 0 amide bonds. The molecule has 0 aromatic carbocycles. The fraction of sp³-hybridized carbons (Fsp3) is 0.667. The minimum atomic E-state index is -2.99. The van der Waals surface area contributed by atoms with E-state index in [-0.39, 0.29) is 29.3 Å². The average molecular weight is 301 g/mol. The molecule has 1 fully saturated rings. The highest BCUT2D eigenvalue weighted by atomic mass is 32.2. The number of nitrogens with zero attached hydrogens (tertiary/aromatic N) is 2. The van der Waals surface area contributed by atoms with Crippen molar-refractivity contribution in [2.75, 3.05) is 11.5 Å². The van der Waals surface area contributed by atoms with Crippen LogP contribution >= 0.6 is 0 Å². The first-order valence-corrected chi connectivity index (χ1v) is 8.17. The monoisotopic (exact) mass is 301 g/mol. The average Bonchev–Trinajstić information content (AvgIpc) is 2.64. The van der Waals surface area contributed by atoms with Crippen LogP contribution in [-0.4, -0.2) is 34.6 Å². The zero-order chi connectivity index (χ0) is 15.1. The number of aryl methyl sites for hydroxylation is 1. The van der Waals surface area contributed by atoms with E-state index in [1.807, 2.05) is 6.92 Å². The van der Waals surface area contributed by atoms with Crippen molar-refractivity contribution in [3.05, 3.63) is 32.6 Å². The summed E-state index contributed by atoms with van der Waals surface area (Å²) in [5.74, 6) is 0.244. The lowest BCUT2D eigenvalue weighted by atomic mass is 10.0. The Bertz CT molecular complexity index is 747. The minimum Gasteiger partial charge on any atom is -0.306 e. The van der Waals surface area contributed by atoms with Gasteiger partial charge in [-0.3, -0.25) is 9.36 Å². The standard InChI is InChI=1S/C12H19N3O4S/c1-12(4-5-20(18,19)8-12)13-6-9-7-14(2)11(17)15(3)10(9)16/h7,13H,4-6,8H2,1-3H3. The lowest BCUT2D eigenvalue weighted by molar-refractivity contribution is 0.393. The zero-order valence-corrected chi connectivity index (χ0v) is 12.7. The van der Waals surface area contributed by atoms with E-state index in [9.17, 15) is 18.0 Å². The largest absolute Gasteiger partial charge is 0.330 e. The number of hydrogen-bond acceptors (Lipinski definition) is 5. The third kappa shape index (κ3) is 2.85. The van der Waals surface area contributed by atoms with Gasteiger partial charge in [-0.15, -0.1) is 0 Å². The lowest BCUT2D eigenvalue weighted by Crippen LogP contribution is -2.45. The second kappa shape index (κ2) is 4.85. The molecular weight excluding hydrogens is 282 g/mol. The highest BCUT2D eigenvalue weighted by Gasteiger charge is 2.37. The Morgan fingerprint density at radius 3 is 2.55 bits per heavy atom. The van der Waals surface area contributed by atoms with Gasteiger partial charge in [-0.2, -0.15) is 0 Å². The van der Waals surface area contributed by atoms with Gasteiger partial charge in [0.1, 0.15) is 0 Å². The van der Waals surface area contributed by atoms with Crippen LogP contribution in [0.25, 0.3) is 0 Å². The van der Waals surface area contributed by atoms with Gasteiger partial charge in [0.05, 0.1) is 11.5 Å². The van der Waals surface area contributed by atoms with Crippen LogP contribution in [0, 0.1) is 0 Å². The van der Waals surface area contributed by atoms with Crippen LogP contribution in [0.15, 0.2) is 15.8 Å². The highest BCUT2D eigenvalue weighted by molar-refractivity contribution is 7.91. The van der Waals surface area contributed by atoms with Gasteiger partial charge in [-0.05, 0) is 13.3 Å². The molecule has 1 N–H and O–H groups in total. The van der Waals surface area contributed by atoms with Crippen molar-refractivity contribution < 1.29 is 8.42 Å². The van der Waals surface area contributed by atoms with Crippen LogP contribution < -0.4 is 16.6 Å². The molecule has 7 nitrogen and oxygen atoms in total. The summed E-state index contributed by atoms with van der Waals surface area (Å²) in [4.78, 5) is 23.5. The number of sulfone groups is 1. The Balaban J connectivity index is 2.21. The van der Waals surface area contributed by atoms with Crippen LogP contribution in [0.1, 0.15) is 18.9 Å². The fourth-order valence-electron chi connectivity index (χ4n) is 2.46. The minimum absolute atomic E-state index is 0.0755. The van der Waals surface area contributed by atoms with Crippen LogP contribution in [-0.2, 0) is 30.5 Å². The van der Waals surface area contributed by atoms with Crippen molar-refractivity contribution >= 4 is 9.84 Å². The Morgan fingerprint density at radius 1 is 1.35 bits per heavy atom. The van der Waals surface area contributed by atoms with Gasteiger partial charge in [-0.25, -0.2) is 13.2 Å². The summed E-state index contributed by atoms with van der Waals surface area (Å²) in [6.45, 7) is 2.08. The molecule has 0 aliphatic carbocycles. The van der Waals surface area contributed by atoms with E-state index < -0.39 is 15.4 Å². The predicted molar refractivity (Wildman–Crippen MR) is 75.4 cm³/mol. The number of aromatic nitrogens is 2. The Labute approximate surface area is 117 Å². The number of hydrogen-bond donors (Lipinski definition) is 1. The van der Waals surface area contributed by atoms with Crippen molar-refractivity contribution in [3.8, 4) is 0 Å². The quantitative estimate of drug-likeness (QED) is 0.753. The van der Waals surface area contributed by atoms with Crippen LogP contribution in [0.2, 0.25) is 0 Å². The summed E-state index contributed by atoms with van der Waals surface area (Å²) in [6, 6.07) is 0. The molecular formula is C12H19N3O4S. The number of rotatable bonds is 3. The molecule has 20 heavy (non-hydrogen) atoms. The normalized spacial score (nSPS) is 24.9. The van der Waals surface area contributed by atoms with Crippen LogP contribution in [0.4, 0.5) is 0 Å². The predicted octanol–water partition coefficient (Wildman–Crippen LogP) is -1.25. The molecule has 8 heteroatoms. The SMILES string of the molecule is Cn1cc(CNC2(C)CCS(=O)(=O)C2)c(=O)n(C)c1=O. The van der Waals surface area contributed by atoms with E-state index in [0.717, 1.165) is 4.57 Å². The van der Waals surface area contributed by atoms with Gasteiger partial charge in [0, 0.05) is 37.9 Å². The highest BCUT2D eigenvalue weighted by Crippen LogP contribution is 2.22. The molecule has 1 aromatic heterocycles. The van der Waals surface area contributed by atoms with Gasteiger partial charge in [-0.1, -0.05) is 0 Å². The molecule has 1 aliphatic heterocycles. The molecule has 0 radical (unpaired) electrons. The maximum atomic E-state index is 12.0. The molecule has 112 valence electrons. The fourth-order valence-corrected chi connectivity index (χ4v) is 4.59. The Kier molecular flexibility index (Phi) is 3.64. The van der Waals surface area contributed by atoms with Crippen molar-refractivity contribution in [1.82, 2.24) is 14.5 Å². The molecule has 1 saturated heterocycles. The molecule has 1 aromatic rings. The van der Waals surface area contributed by atoms with E-state index >= 15 is 0 Å². The number of nitrogens with one attached hydrogen (secondary N) is 1. The summed E-state index contributed by atoms with van der Waals surface area (Å²) in [7, 11) is 0.0104. The summed E-state index contributed by atoms with van der Waals surface area (Å²) in [5, 5.41) is 3.14. The maximum absolute atomic E-state index is 12.0. The van der Waals surface area contributed by atoms with Gasteiger partial charge in [0.25, 0.3) is 5.56 Å². The zero-order valence-electron chi connectivity index (χ0n) is 11.8. The van der Waals surface area contributed by atoms with Gasteiger partial charge < -0.3 is 9.88 Å². The van der Waals surface area contributed by atoms with E-state index in [0.29, 0.717) is 12.0 Å². The van der Waals surface area contributed by atoms with Gasteiger partial charge in [0.2, 0.25) is 0 Å². The van der Waals surface area contributed by atoms with Crippen molar-refractivity contribution in [2.24, 2.45) is 14.1 Å². The van der Waals surface area contributed by atoms with E-state index in [1.165, 1.54) is 17.8 Å². The first-order chi connectivity index (χ1) is 9.14. The second-order valence-corrected chi connectivity index (χ2v) is 7.85. The summed E-state index contributed by atoms with van der Waals surface area (Å²) in [6.07, 6.45) is 2.02. The first kappa shape index (κ1) is 15.0. The topological polar surface area (TPSA) is 90.2 Å². The van der Waals surface area contributed by atoms with Crippen LogP contribution in [0.5, 0.6) is 0 Å². The Morgan fingerprint density at radius 2 is 2.00 bits per heavy atom. The van der Waals surface area contributed by atoms with Crippen molar-refractivity contribution in [3.63, 3.8) is 0 Å². The lowest BCUT2D eigenvalue weighted by Gasteiger charge is -2.24. The summed E-state index contributed by atoms with van der Waals surface area (Å²) in [5.41, 5.74) is -0.808. The van der Waals surface area contributed by atoms with E-state index in [4.69, 9.17) is 0 Å². The summed E-state index contributed by atoms with van der Waals surface area (Å²) < 4.78 is 25.4. The van der Waals surface area contributed by atoms with E-state index in [1.54, 1.807) is 7.05 Å². The van der Waals surface area contributed by atoms with Gasteiger partial charge >= 0.3 is 5.69 Å². The Hall–Kier alpha value is -1.41. The second-order valence-electron chi connectivity index (χ2n) is 5.67. The molecule has 0 spiro atoms. The molecule has 1 aliphatic rings. The molecule has 1 unspecified atom stereocenters. The molecule has 0 saturated carbocycles. The van der Waals surface area contributed by atoms with Crippen molar-refractivity contribution in [2.45, 2.75) is 25.4 Å². The maximum Gasteiger partial charge on any atom is 0.330 e. The van der Waals surface area contributed by atoms with Gasteiger partial charge in [0.15, 0.2) is 9.84 Å². The summed E-state index contributed by atoms with van der Waals surface area (Å²) >= 11 is 0. The van der Waals surface area contributed by atoms with Crippen LogP contribution in [0.3, 0.4) is 0 Å². The smallest absolute Gasteiger partial charge is 0.306 e. The molecule has 2 rings (SSSR count). The van der Waals surface area contributed by atoms with E-state index in [2.05, 4.69) is 5.32 Å². The van der Waals surface area contributed by atoms with Crippen molar-refractivity contribution in [1.29, 1.82) is 0 Å². The molecule has 2 heterocycles. The first-order valence-electron chi connectivity index (χ1n) is 6.35. The third-order valence-corrected chi connectivity index (χ3v) is 5.63.